The Balaban J connectivity index is 1.84. The van der Waals surface area contributed by atoms with E-state index in [4.69, 9.17) is 4.74 Å². The predicted octanol–water partition coefficient (Wildman–Crippen LogP) is 7.40. The number of nitrogens with one attached hydrogen (secondary N) is 1. The van der Waals surface area contributed by atoms with Crippen LogP contribution >= 0.6 is 0 Å². The Hall–Kier alpha value is -2.74. The Morgan fingerprint density at radius 2 is 1.47 bits per heavy atom. The van der Waals surface area contributed by atoms with Gasteiger partial charge < -0.3 is 10.1 Å². The Morgan fingerprint density at radius 1 is 0.833 bits per heavy atom. The van der Waals surface area contributed by atoms with Crippen LogP contribution in [-0.2, 0) is 0 Å². The lowest BCUT2D eigenvalue weighted by molar-refractivity contribution is 0.121. The van der Waals surface area contributed by atoms with Gasteiger partial charge in [-0.2, -0.15) is 0 Å². The van der Waals surface area contributed by atoms with E-state index in [0.29, 0.717) is 0 Å². The Kier molecular flexibility index (Phi) is 5.13. The summed E-state index contributed by atoms with van der Waals surface area (Å²) in [5, 5.41) is 3.82. The monoisotopic (exact) mass is 399 g/mol. The molecule has 1 aliphatic heterocycles. The van der Waals surface area contributed by atoms with Crippen LogP contribution in [0.25, 0.3) is 0 Å². The van der Waals surface area contributed by atoms with Crippen LogP contribution in [0.15, 0.2) is 54.6 Å². The summed E-state index contributed by atoms with van der Waals surface area (Å²) in [6.07, 6.45) is 0. The predicted molar refractivity (Wildman–Crippen MR) is 127 cm³/mol. The maximum absolute atomic E-state index is 6.60. The van der Waals surface area contributed by atoms with Gasteiger partial charge in [-0.25, -0.2) is 0 Å². The van der Waals surface area contributed by atoms with Gasteiger partial charge in [-0.15, -0.1) is 0 Å². The number of hydrogen-bond acceptors (Lipinski definition) is 2. The molecule has 0 bridgehead atoms. The van der Waals surface area contributed by atoms with Gasteiger partial charge in [-0.1, -0.05) is 60.2 Å². The molecule has 0 radical (unpaired) electrons. The Labute approximate surface area is 181 Å². The van der Waals surface area contributed by atoms with Crippen molar-refractivity contribution in [2.75, 3.05) is 5.32 Å². The average molecular weight is 400 g/mol. The molecule has 0 fully saturated rings. The van der Waals surface area contributed by atoms with Gasteiger partial charge in [-0.3, -0.25) is 0 Å². The number of anilines is 1. The third-order valence-corrected chi connectivity index (χ3v) is 6.72. The molecular weight excluding hydrogens is 366 g/mol. The van der Waals surface area contributed by atoms with Crippen molar-refractivity contribution >= 4 is 5.69 Å². The number of fused-ring (bicyclic) bond motifs is 1. The van der Waals surface area contributed by atoms with Crippen molar-refractivity contribution < 1.29 is 4.74 Å². The van der Waals surface area contributed by atoms with Gasteiger partial charge in [0.1, 0.15) is 11.4 Å². The lowest BCUT2D eigenvalue weighted by Gasteiger charge is -2.28. The summed E-state index contributed by atoms with van der Waals surface area (Å²) in [7, 11) is 0. The summed E-state index contributed by atoms with van der Waals surface area (Å²) in [6.45, 7) is 15.4. The molecule has 0 saturated carbocycles. The molecule has 30 heavy (non-hydrogen) atoms. The van der Waals surface area contributed by atoms with Crippen molar-refractivity contribution in [3.63, 3.8) is 0 Å². The van der Waals surface area contributed by atoms with Crippen molar-refractivity contribution in [3.05, 3.63) is 93.5 Å². The first kappa shape index (κ1) is 20.5. The lowest BCUT2D eigenvalue weighted by Crippen LogP contribution is -2.31. The molecule has 1 N–H and O–H groups in total. The number of aryl methyl sites for hydroxylation is 1. The largest absolute Gasteiger partial charge is 0.486 e. The van der Waals surface area contributed by atoms with Crippen molar-refractivity contribution in [2.24, 2.45) is 0 Å². The summed E-state index contributed by atoms with van der Waals surface area (Å²) >= 11 is 0. The minimum Gasteiger partial charge on any atom is -0.486 e. The highest BCUT2D eigenvalue weighted by molar-refractivity contribution is 5.71. The van der Waals surface area contributed by atoms with Gasteiger partial charge in [0.15, 0.2) is 0 Å². The molecule has 3 aromatic rings. The number of benzene rings is 3. The number of ether oxygens (including phenoxy) is 1. The van der Waals surface area contributed by atoms with Crippen LogP contribution in [0, 0.1) is 27.7 Å². The van der Waals surface area contributed by atoms with E-state index >= 15 is 0 Å². The molecule has 0 aromatic heterocycles. The molecule has 2 heteroatoms. The SMILES string of the molecule is Cc1ccc(C2c3c(C)c(N[C@H](C)c4ccccc4)c(C)c(C)c3OC2(C)C)cc1. The lowest BCUT2D eigenvalue weighted by atomic mass is 9.78. The fourth-order valence-electron chi connectivity index (χ4n) is 4.88. The van der Waals surface area contributed by atoms with E-state index in [1.807, 2.05) is 0 Å². The molecular formula is C28H33NO. The van der Waals surface area contributed by atoms with Gasteiger partial charge >= 0.3 is 0 Å². The van der Waals surface area contributed by atoms with Crippen LogP contribution in [0.1, 0.15) is 71.7 Å². The zero-order valence-electron chi connectivity index (χ0n) is 19.3. The highest BCUT2D eigenvalue weighted by Crippen LogP contribution is 2.53. The summed E-state index contributed by atoms with van der Waals surface area (Å²) < 4.78 is 6.60. The molecule has 0 aliphatic carbocycles. The van der Waals surface area contributed by atoms with E-state index in [-0.39, 0.29) is 17.6 Å². The number of hydrogen-bond donors (Lipinski definition) is 1. The van der Waals surface area contributed by atoms with Crippen LogP contribution in [0.2, 0.25) is 0 Å². The molecule has 3 aromatic carbocycles. The van der Waals surface area contributed by atoms with Crippen molar-refractivity contribution in [1.29, 1.82) is 0 Å². The first-order valence-electron chi connectivity index (χ1n) is 10.9. The quantitative estimate of drug-likeness (QED) is 0.493. The number of rotatable bonds is 4. The molecule has 0 amide bonds. The Bertz CT molecular complexity index is 1060. The van der Waals surface area contributed by atoms with Crippen molar-refractivity contribution in [1.82, 2.24) is 0 Å². The molecule has 156 valence electrons. The highest BCUT2D eigenvalue weighted by Gasteiger charge is 2.44. The van der Waals surface area contributed by atoms with Crippen molar-refractivity contribution in [2.45, 2.75) is 66.0 Å². The third kappa shape index (κ3) is 3.39. The van der Waals surface area contributed by atoms with Crippen molar-refractivity contribution in [3.8, 4) is 5.75 Å². The maximum Gasteiger partial charge on any atom is 0.127 e. The summed E-state index contributed by atoms with van der Waals surface area (Å²) in [4.78, 5) is 0. The fraction of sp³-hybridized carbons (Fsp3) is 0.357. The second-order valence-electron chi connectivity index (χ2n) is 9.32. The van der Waals surface area contributed by atoms with Gasteiger partial charge in [0, 0.05) is 17.3 Å². The second kappa shape index (κ2) is 7.50. The average Bonchev–Trinajstić information content (AvgIpc) is 3.02. The Morgan fingerprint density at radius 3 is 2.10 bits per heavy atom. The topological polar surface area (TPSA) is 21.3 Å². The molecule has 2 atom stereocenters. The normalized spacial score (nSPS) is 17.9. The maximum atomic E-state index is 6.60. The van der Waals surface area contributed by atoms with E-state index in [2.05, 4.69) is 108 Å². The smallest absolute Gasteiger partial charge is 0.127 e. The molecule has 1 heterocycles. The minimum atomic E-state index is -0.288. The zero-order chi connectivity index (χ0) is 21.6. The molecule has 4 rings (SSSR count). The first-order valence-corrected chi connectivity index (χ1v) is 10.9. The van der Waals surface area contributed by atoms with E-state index in [1.165, 1.54) is 44.6 Å². The summed E-state index contributed by atoms with van der Waals surface area (Å²) in [6, 6.07) is 19.8. The third-order valence-electron chi connectivity index (χ3n) is 6.72. The molecule has 1 unspecified atom stereocenters. The zero-order valence-corrected chi connectivity index (χ0v) is 19.3. The molecule has 2 nitrogen and oxygen atoms in total. The van der Waals surface area contributed by atoms with Crippen LogP contribution in [0.5, 0.6) is 5.75 Å². The van der Waals surface area contributed by atoms with Gasteiger partial charge in [0.2, 0.25) is 0 Å². The standard InChI is InChI=1S/C28H33NO/c1-17-13-15-23(16-14-17)25-24-20(4)26(29-21(5)22-11-9-8-10-12-22)18(2)19(3)27(24)30-28(25,6)7/h8-16,21,25,29H,1-7H3/t21-,25?/m1/s1. The van der Waals surface area contributed by atoms with E-state index in [0.717, 1.165) is 5.75 Å². The fourth-order valence-corrected chi connectivity index (χ4v) is 4.88. The van der Waals surface area contributed by atoms with Crippen LogP contribution in [-0.4, -0.2) is 5.60 Å². The van der Waals surface area contributed by atoms with E-state index in [9.17, 15) is 0 Å². The van der Waals surface area contributed by atoms with Gasteiger partial charge in [0.05, 0.1) is 5.92 Å². The molecule has 0 saturated heterocycles. The van der Waals surface area contributed by atoms with E-state index < -0.39 is 0 Å². The van der Waals surface area contributed by atoms with Crippen LogP contribution < -0.4 is 10.1 Å². The van der Waals surface area contributed by atoms with Crippen LogP contribution in [0.3, 0.4) is 0 Å². The van der Waals surface area contributed by atoms with E-state index in [1.54, 1.807) is 0 Å². The first-order chi connectivity index (χ1) is 14.2. The summed E-state index contributed by atoms with van der Waals surface area (Å²) in [5.74, 6) is 1.28. The summed E-state index contributed by atoms with van der Waals surface area (Å²) in [5.41, 5.74) is 9.98. The van der Waals surface area contributed by atoms with Gasteiger partial charge in [-0.05, 0) is 76.3 Å². The van der Waals surface area contributed by atoms with Gasteiger partial charge in [0.25, 0.3) is 0 Å². The molecule has 0 spiro atoms. The molecule has 1 aliphatic rings. The minimum absolute atomic E-state index is 0.208. The highest BCUT2D eigenvalue weighted by atomic mass is 16.5. The second-order valence-corrected chi connectivity index (χ2v) is 9.32. The van der Waals surface area contributed by atoms with Crippen LogP contribution in [0.4, 0.5) is 5.69 Å².